The predicted octanol–water partition coefficient (Wildman–Crippen LogP) is 0.892. The van der Waals surface area contributed by atoms with Gasteiger partial charge in [-0.25, -0.2) is 0 Å². The van der Waals surface area contributed by atoms with Crippen LogP contribution in [0.4, 0.5) is 5.69 Å². The zero-order valence-corrected chi connectivity index (χ0v) is 10.9. The molecule has 3 amide bonds. The Kier molecular flexibility index (Phi) is 3.80. The molecule has 0 bridgehead atoms. The van der Waals surface area contributed by atoms with E-state index in [1.807, 2.05) is 6.07 Å². The van der Waals surface area contributed by atoms with Gasteiger partial charge in [0, 0.05) is 18.0 Å². The molecule has 1 aromatic rings. The van der Waals surface area contributed by atoms with Gasteiger partial charge in [0.1, 0.15) is 6.54 Å². The maximum atomic E-state index is 11.8. The average molecular weight is 271 g/mol. The molecule has 1 N–H and O–H groups in total. The number of nitrogens with zero attached hydrogens (tertiary/aromatic N) is 2. The van der Waals surface area contributed by atoms with Crippen LogP contribution in [0, 0.1) is 17.2 Å². The number of carbonyl (C=O) groups is 3. The standard InChI is InChI=1S/C14H13N3O3/c1-9-5-13(19)17(14(9)20)8-12(18)16-11-4-2-3-10(6-11)7-15/h2-4,6,9H,5,8H2,1H3,(H,16,18). The normalized spacial score (nSPS) is 18.0. The van der Waals surface area contributed by atoms with Crippen molar-refractivity contribution in [1.82, 2.24) is 4.90 Å². The minimum atomic E-state index is -0.462. The minimum Gasteiger partial charge on any atom is -0.324 e. The molecule has 1 heterocycles. The lowest BCUT2D eigenvalue weighted by molar-refractivity contribution is -0.142. The molecule has 20 heavy (non-hydrogen) atoms. The molecule has 2 rings (SSSR count). The molecule has 6 heteroatoms. The van der Waals surface area contributed by atoms with Crippen LogP contribution in [0.5, 0.6) is 0 Å². The summed E-state index contributed by atoms with van der Waals surface area (Å²) in [7, 11) is 0. The number of benzene rings is 1. The number of imide groups is 1. The Balaban J connectivity index is 2.01. The second kappa shape index (κ2) is 5.53. The number of carbonyl (C=O) groups excluding carboxylic acids is 3. The lowest BCUT2D eigenvalue weighted by Gasteiger charge is -2.14. The Morgan fingerprint density at radius 2 is 2.25 bits per heavy atom. The van der Waals surface area contributed by atoms with Gasteiger partial charge < -0.3 is 5.32 Å². The van der Waals surface area contributed by atoms with Crippen LogP contribution in [0.3, 0.4) is 0 Å². The highest BCUT2D eigenvalue weighted by Gasteiger charge is 2.36. The maximum Gasteiger partial charge on any atom is 0.244 e. The number of hydrogen-bond acceptors (Lipinski definition) is 4. The highest BCUT2D eigenvalue weighted by Crippen LogP contribution is 2.18. The fourth-order valence-electron chi connectivity index (χ4n) is 2.03. The summed E-state index contributed by atoms with van der Waals surface area (Å²) in [5.74, 6) is -1.48. The lowest BCUT2D eigenvalue weighted by atomic mass is 10.1. The SMILES string of the molecule is CC1CC(=O)N(CC(=O)Nc2cccc(C#N)c2)C1=O. The van der Waals surface area contributed by atoms with Crippen molar-refractivity contribution in [2.24, 2.45) is 5.92 Å². The first-order valence-electron chi connectivity index (χ1n) is 6.15. The molecule has 6 nitrogen and oxygen atoms in total. The van der Waals surface area contributed by atoms with Crippen molar-refractivity contribution in [2.45, 2.75) is 13.3 Å². The Morgan fingerprint density at radius 3 is 2.85 bits per heavy atom. The summed E-state index contributed by atoms with van der Waals surface area (Å²) < 4.78 is 0. The summed E-state index contributed by atoms with van der Waals surface area (Å²) in [5.41, 5.74) is 0.881. The Labute approximate surface area is 116 Å². The first-order chi connectivity index (χ1) is 9.51. The molecule has 0 radical (unpaired) electrons. The van der Waals surface area contributed by atoms with Gasteiger partial charge in [-0.1, -0.05) is 13.0 Å². The first kappa shape index (κ1) is 13.7. The number of anilines is 1. The van der Waals surface area contributed by atoms with E-state index < -0.39 is 5.91 Å². The van der Waals surface area contributed by atoms with E-state index in [9.17, 15) is 14.4 Å². The minimum absolute atomic E-state index is 0.149. The van der Waals surface area contributed by atoms with Gasteiger partial charge in [-0.2, -0.15) is 5.26 Å². The Bertz CT molecular complexity index is 618. The molecule has 0 aliphatic carbocycles. The molecule has 1 atom stereocenters. The lowest BCUT2D eigenvalue weighted by Crippen LogP contribution is -2.37. The van der Waals surface area contributed by atoms with E-state index in [0.717, 1.165) is 4.90 Å². The van der Waals surface area contributed by atoms with Gasteiger partial charge in [0.15, 0.2) is 0 Å². The molecule has 1 fully saturated rings. The third kappa shape index (κ3) is 2.83. The molecule has 1 saturated heterocycles. The first-order valence-corrected chi connectivity index (χ1v) is 6.15. The van der Waals surface area contributed by atoms with Crippen molar-refractivity contribution in [2.75, 3.05) is 11.9 Å². The van der Waals surface area contributed by atoms with Crippen molar-refractivity contribution in [3.63, 3.8) is 0 Å². The molecule has 0 aromatic heterocycles. The molecule has 102 valence electrons. The molecule has 1 unspecified atom stereocenters. The summed E-state index contributed by atoms with van der Waals surface area (Å²) in [6, 6.07) is 8.38. The van der Waals surface area contributed by atoms with Crippen LogP contribution in [-0.2, 0) is 14.4 Å². The van der Waals surface area contributed by atoms with Crippen LogP contribution in [0.2, 0.25) is 0 Å². The maximum absolute atomic E-state index is 11.8. The van der Waals surface area contributed by atoms with Crippen molar-refractivity contribution in [1.29, 1.82) is 5.26 Å². The number of hydrogen-bond donors (Lipinski definition) is 1. The van der Waals surface area contributed by atoms with Crippen molar-refractivity contribution < 1.29 is 14.4 Å². The third-order valence-corrected chi connectivity index (χ3v) is 3.05. The molecular weight excluding hydrogens is 258 g/mol. The molecule has 0 spiro atoms. The molecule has 1 aliphatic heterocycles. The summed E-state index contributed by atoms with van der Waals surface area (Å²) in [4.78, 5) is 36.0. The smallest absolute Gasteiger partial charge is 0.244 e. The second-order valence-electron chi connectivity index (χ2n) is 4.66. The van der Waals surface area contributed by atoms with E-state index in [4.69, 9.17) is 5.26 Å². The number of rotatable bonds is 3. The fraction of sp³-hybridized carbons (Fsp3) is 0.286. The van der Waals surface area contributed by atoms with E-state index in [1.54, 1.807) is 25.1 Å². The van der Waals surface area contributed by atoms with Gasteiger partial charge >= 0.3 is 0 Å². The largest absolute Gasteiger partial charge is 0.324 e. The fourth-order valence-corrected chi connectivity index (χ4v) is 2.03. The van der Waals surface area contributed by atoms with Gasteiger partial charge in [-0.3, -0.25) is 19.3 Å². The molecule has 1 aliphatic rings. The second-order valence-corrected chi connectivity index (χ2v) is 4.66. The van der Waals surface area contributed by atoms with E-state index in [-0.39, 0.29) is 30.7 Å². The van der Waals surface area contributed by atoms with Crippen LogP contribution in [-0.4, -0.2) is 29.2 Å². The highest BCUT2D eigenvalue weighted by atomic mass is 16.2. The van der Waals surface area contributed by atoms with Crippen LogP contribution < -0.4 is 5.32 Å². The van der Waals surface area contributed by atoms with Gasteiger partial charge in [0.05, 0.1) is 11.6 Å². The third-order valence-electron chi connectivity index (χ3n) is 3.05. The quantitative estimate of drug-likeness (QED) is 0.827. The summed E-state index contributed by atoms with van der Waals surface area (Å²) in [6.45, 7) is 1.37. The zero-order valence-electron chi connectivity index (χ0n) is 10.9. The summed E-state index contributed by atoms with van der Waals surface area (Å²) >= 11 is 0. The van der Waals surface area contributed by atoms with Crippen LogP contribution in [0.25, 0.3) is 0 Å². The van der Waals surface area contributed by atoms with E-state index in [2.05, 4.69) is 5.32 Å². The van der Waals surface area contributed by atoms with Crippen LogP contribution in [0.15, 0.2) is 24.3 Å². The van der Waals surface area contributed by atoms with Gasteiger partial charge in [0.25, 0.3) is 0 Å². The number of nitriles is 1. The number of likely N-dealkylation sites (tertiary alicyclic amines) is 1. The highest BCUT2D eigenvalue weighted by molar-refractivity contribution is 6.07. The molecule has 1 aromatic carbocycles. The molecular formula is C14H13N3O3. The number of amides is 3. The Morgan fingerprint density at radius 1 is 1.50 bits per heavy atom. The van der Waals surface area contributed by atoms with Gasteiger partial charge in [-0.15, -0.1) is 0 Å². The predicted molar refractivity (Wildman–Crippen MR) is 70.3 cm³/mol. The van der Waals surface area contributed by atoms with E-state index in [0.29, 0.717) is 11.3 Å². The average Bonchev–Trinajstić information content (AvgIpc) is 2.65. The summed E-state index contributed by atoms with van der Waals surface area (Å²) in [6.07, 6.45) is 0.149. The number of nitrogens with one attached hydrogen (secondary N) is 1. The Hall–Kier alpha value is -2.68. The van der Waals surface area contributed by atoms with Crippen molar-refractivity contribution in [3.8, 4) is 6.07 Å². The van der Waals surface area contributed by atoms with Crippen molar-refractivity contribution in [3.05, 3.63) is 29.8 Å². The monoisotopic (exact) mass is 271 g/mol. The van der Waals surface area contributed by atoms with Gasteiger partial charge in [0.2, 0.25) is 17.7 Å². The zero-order chi connectivity index (χ0) is 14.7. The van der Waals surface area contributed by atoms with Crippen LogP contribution in [0.1, 0.15) is 18.9 Å². The van der Waals surface area contributed by atoms with Gasteiger partial charge in [-0.05, 0) is 18.2 Å². The van der Waals surface area contributed by atoms with Crippen molar-refractivity contribution >= 4 is 23.4 Å². The van der Waals surface area contributed by atoms with Crippen LogP contribution >= 0.6 is 0 Å². The topological polar surface area (TPSA) is 90.3 Å². The van der Waals surface area contributed by atoms with E-state index in [1.165, 1.54) is 6.07 Å². The summed E-state index contributed by atoms with van der Waals surface area (Å²) in [5, 5.41) is 11.3. The molecule has 0 saturated carbocycles. The van der Waals surface area contributed by atoms with E-state index >= 15 is 0 Å².